The van der Waals surface area contributed by atoms with E-state index in [0.717, 1.165) is 23.1 Å². The maximum atomic E-state index is 11.6. The van der Waals surface area contributed by atoms with Crippen LogP contribution in [0.3, 0.4) is 0 Å². The number of benzene rings is 2. The van der Waals surface area contributed by atoms with Crippen LogP contribution in [0, 0.1) is 0 Å². The maximum Gasteiger partial charge on any atom is 0.175 e. The van der Waals surface area contributed by atoms with Crippen LogP contribution in [0.15, 0.2) is 53.4 Å². The Hall–Kier alpha value is -1.36. The highest BCUT2D eigenvalue weighted by molar-refractivity contribution is 7.90. The van der Waals surface area contributed by atoms with Crippen LogP contribution in [0.1, 0.15) is 5.56 Å². The summed E-state index contributed by atoms with van der Waals surface area (Å²) < 4.78 is 23.1. The van der Waals surface area contributed by atoms with E-state index >= 15 is 0 Å². The molecule has 2 aromatic rings. The van der Waals surface area contributed by atoms with E-state index in [9.17, 15) is 8.42 Å². The van der Waals surface area contributed by atoms with Crippen molar-refractivity contribution in [3.63, 3.8) is 0 Å². The number of nitrogens with two attached hydrogens (primary N) is 1. The van der Waals surface area contributed by atoms with Crippen molar-refractivity contribution in [2.24, 2.45) is 5.73 Å². The van der Waals surface area contributed by atoms with Gasteiger partial charge in [-0.25, -0.2) is 8.42 Å². The van der Waals surface area contributed by atoms with Crippen molar-refractivity contribution in [1.82, 2.24) is 0 Å². The lowest BCUT2D eigenvalue weighted by Gasteiger charge is -2.06. The Bertz CT molecular complexity index is 684. The Morgan fingerprint density at radius 3 is 2.20 bits per heavy atom. The Morgan fingerprint density at radius 1 is 1.00 bits per heavy atom. The minimum Gasteiger partial charge on any atom is -0.330 e. The van der Waals surface area contributed by atoms with Gasteiger partial charge in [-0.1, -0.05) is 36.4 Å². The zero-order valence-electron chi connectivity index (χ0n) is 11.2. The summed E-state index contributed by atoms with van der Waals surface area (Å²) in [6.45, 7) is 0.604. The van der Waals surface area contributed by atoms with Crippen LogP contribution in [0.25, 0.3) is 11.1 Å². The predicted molar refractivity (Wildman–Crippen MR) is 85.0 cm³/mol. The molecule has 3 nitrogen and oxygen atoms in total. The molecule has 0 spiro atoms. The molecule has 0 amide bonds. The van der Waals surface area contributed by atoms with Crippen LogP contribution >= 0.6 is 12.4 Å². The van der Waals surface area contributed by atoms with E-state index in [0.29, 0.717) is 11.4 Å². The molecular weight excluding hydrogens is 294 g/mol. The largest absolute Gasteiger partial charge is 0.330 e. The zero-order chi connectivity index (χ0) is 13.9. The van der Waals surface area contributed by atoms with Gasteiger partial charge < -0.3 is 5.73 Å². The number of sulfone groups is 1. The molecule has 0 aliphatic carbocycles. The van der Waals surface area contributed by atoms with Crippen molar-refractivity contribution in [2.75, 3.05) is 12.8 Å². The first-order valence-electron chi connectivity index (χ1n) is 6.10. The van der Waals surface area contributed by atoms with Gasteiger partial charge in [0.2, 0.25) is 0 Å². The SMILES string of the molecule is CS(=O)(=O)c1cccc(-c2cccc(CCN)c2)c1.Cl. The monoisotopic (exact) mass is 311 g/mol. The van der Waals surface area contributed by atoms with Gasteiger partial charge in [-0.05, 0) is 41.8 Å². The van der Waals surface area contributed by atoms with Gasteiger partial charge in [0.25, 0.3) is 0 Å². The minimum atomic E-state index is -3.17. The Balaban J connectivity index is 0.00000200. The van der Waals surface area contributed by atoms with Crippen molar-refractivity contribution in [3.8, 4) is 11.1 Å². The third kappa shape index (κ3) is 4.07. The summed E-state index contributed by atoms with van der Waals surface area (Å²) in [5.74, 6) is 0. The fourth-order valence-electron chi connectivity index (χ4n) is 1.98. The van der Waals surface area contributed by atoms with E-state index in [1.165, 1.54) is 6.26 Å². The number of hydrogen-bond donors (Lipinski definition) is 1. The first-order chi connectivity index (χ1) is 9.00. The topological polar surface area (TPSA) is 60.2 Å². The van der Waals surface area contributed by atoms with Crippen LogP contribution in [-0.4, -0.2) is 21.2 Å². The average molecular weight is 312 g/mol. The van der Waals surface area contributed by atoms with E-state index < -0.39 is 9.84 Å². The molecule has 2 N–H and O–H groups in total. The summed E-state index contributed by atoms with van der Waals surface area (Å²) in [6, 6.07) is 15.0. The fraction of sp³-hybridized carbons (Fsp3) is 0.200. The average Bonchev–Trinajstić information content (AvgIpc) is 2.39. The van der Waals surface area contributed by atoms with Crippen molar-refractivity contribution in [2.45, 2.75) is 11.3 Å². The highest BCUT2D eigenvalue weighted by Crippen LogP contribution is 2.23. The molecule has 0 saturated carbocycles. The van der Waals surface area contributed by atoms with Crippen molar-refractivity contribution in [3.05, 3.63) is 54.1 Å². The highest BCUT2D eigenvalue weighted by Gasteiger charge is 2.08. The predicted octanol–water partition coefficient (Wildman–Crippen LogP) is 2.68. The summed E-state index contributed by atoms with van der Waals surface area (Å²) in [6.07, 6.45) is 2.04. The molecule has 0 unspecified atom stereocenters. The molecule has 20 heavy (non-hydrogen) atoms. The second kappa shape index (κ2) is 6.88. The third-order valence-electron chi connectivity index (χ3n) is 2.96. The van der Waals surface area contributed by atoms with E-state index in [-0.39, 0.29) is 12.4 Å². The van der Waals surface area contributed by atoms with Crippen LogP contribution in [0.5, 0.6) is 0 Å². The van der Waals surface area contributed by atoms with E-state index in [4.69, 9.17) is 5.73 Å². The summed E-state index contributed by atoms with van der Waals surface area (Å²) in [5, 5.41) is 0. The first-order valence-corrected chi connectivity index (χ1v) is 7.99. The molecule has 2 aromatic carbocycles. The van der Waals surface area contributed by atoms with E-state index in [2.05, 4.69) is 0 Å². The quantitative estimate of drug-likeness (QED) is 0.944. The van der Waals surface area contributed by atoms with Gasteiger partial charge in [0.05, 0.1) is 4.90 Å². The van der Waals surface area contributed by atoms with Gasteiger partial charge in [0.1, 0.15) is 0 Å². The Kier molecular flexibility index (Phi) is 5.74. The lowest BCUT2D eigenvalue weighted by atomic mass is 10.0. The minimum absolute atomic E-state index is 0. The van der Waals surface area contributed by atoms with Crippen molar-refractivity contribution in [1.29, 1.82) is 0 Å². The van der Waals surface area contributed by atoms with Gasteiger partial charge in [0.15, 0.2) is 9.84 Å². The molecule has 0 bridgehead atoms. The van der Waals surface area contributed by atoms with E-state index in [1.54, 1.807) is 18.2 Å². The molecule has 5 heteroatoms. The molecular formula is C15H18ClNO2S. The number of rotatable bonds is 4. The lowest BCUT2D eigenvalue weighted by molar-refractivity contribution is 0.602. The second-order valence-electron chi connectivity index (χ2n) is 4.54. The van der Waals surface area contributed by atoms with Crippen LogP contribution in [0.2, 0.25) is 0 Å². The first kappa shape index (κ1) is 16.7. The molecule has 0 atom stereocenters. The molecule has 0 radical (unpaired) electrons. The standard InChI is InChI=1S/C15H17NO2S.ClH/c1-19(17,18)15-7-3-6-14(11-15)13-5-2-4-12(10-13)8-9-16;/h2-7,10-11H,8-9,16H2,1H3;1H. The van der Waals surface area contributed by atoms with Gasteiger partial charge in [0, 0.05) is 6.26 Å². The number of hydrogen-bond acceptors (Lipinski definition) is 3. The fourth-order valence-corrected chi connectivity index (χ4v) is 2.65. The molecule has 2 rings (SSSR count). The smallest absolute Gasteiger partial charge is 0.175 e. The number of halogens is 1. The summed E-state index contributed by atoms with van der Waals surface area (Å²) >= 11 is 0. The zero-order valence-corrected chi connectivity index (χ0v) is 12.9. The van der Waals surface area contributed by atoms with Gasteiger partial charge >= 0.3 is 0 Å². The maximum absolute atomic E-state index is 11.6. The second-order valence-corrected chi connectivity index (χ2v) is 6.55. The molecule has 0 heterocycles. The van der Waals surface area contributed by atoms with Crippen molar-refractivity contribution < 1.29 is 8.42 Å². The Labute approximate surface area is 126 Å². The highest BCUT2D eigenvalue weighted by atomic mass is 35.5. The van der Waals surface area contributed by atoms with Crippen LogP contribution < -0.4 is 5.73 Å². The molecule has 0 fully saturated rings. The normalized spacial score (nSPS) is 10.9. The molecule has 108 valence electrons. The molecule has 0 aromatic heterocycles. The molecule has 0 aliphatic rings. The molecule has 0 aliphatic heterocycles. The Morgan fingerprint density at radius 2 is 1.60 bits per heavy atom. The van der Waals surface area contributed by atoms with E-state index in [1.807, 2.05) is 30.3 Å². The lowest BCUT2D eigenvalue weighted by Crippen LogP contribution is -2.02. The summed E-state index contributed by atoms with van der Waals surface area (Å²) in [4.78, 5) is 0.342. The van der Waals surface area contributed by atoms with Gasteiger partial charge in [-0.15, -0.1) is 12.4 Å². The van der Waals surface area contributed by atoms with Crippen LogP contribution in [0.4, 0.5) is 0 Å². The third-order valence-corrected chi connectivity index (χ3v) is 4.07. The summed E-state index contributed by atoms with van der Waals surface area (Å²) in [7, 11) is -3.17. The van der Waals surface area contributed by atoms with Gasteiger partial charge in [-0.2, -0.15) is 0 Å². The molecule has 0 saturated heterocycles. The van der Waals surface area contributed by atoms with Crippen LogP contribution in [-0.2, 0) is 16.3 Å². The van der Waals surface area contributed by atoms with Gasteiger partial charge in [-0.3, -0.25) is 0 Å². The summed E-state index contributed by atoms with van der Waals surface area (Å²) in [5.41, 5.74) is 8.62. The van der Waals surface area contributed by atoms with Crippen molar-refractivity contribution >= 4 is 22.2 Å².